The number of amides is 2. The van der Waals surface area contributed by atoms with Crippen LogP contribution in [0.5, 0.6) is 5.75 Å². The third-order valence-electron chi connectivity index (χ3n) is 5.18. The Morgan fingerprint density at radius 3 is 2.65 bits per heavy atom. The summed E-state index contributed by atoms with van der Waals surface area (Å²) in [5.41, 5.74) is 5.03. The predicted molar refractivity (Wildman–Crippen MR) is 105 cm³/mol. The van der Waals surface area contributed by atoms with Gasteiger partial charge in [0.1, 0.15) is 5.75 Å². The number of carbonyl (C=O) groups excluding carboxylic acids is 1. The molecule has 1 aliphatic rings. The topological polar surface area (TPSA) is 41.6 Å². The van der Waals surface area contributed by atoms with E-state index in [2.05, 4.69) is 49.5 Å². The van der Waals surface area contributed by atoms with Crippen LogP contribution in [0.4, 0.5) is 4.79 Å². The SMILES string of the molecule is COc1ccc(C2CCCN2C(=O)NCCc2ccc(C)cc2C)cc1. The molecule has 0 saturated carbocycles. The van der Waals surface area contributed by atoms with Gasteiger partial charge in [-0.1, -0.05) is 35.9 Å². The molecule has 138 valence electrons. The van der Waals surface area contributed by atoms with Gasteiger partial charge in [-0.25, -0.2) is 4.79 Å². The maximum Gasteiger partial charge on any atom is 0.317 e. The van der Waals surface area contributed by atoms with Gasteiger partial charge in [-0.2, -0.15) is 0 Å². The van der Waals surface area contributed by atoms with E-state index in [0.717, 1.165) is 31.6 Å². The molecule has 1 saturated heterocycles. The second kappa shape index (κ2) is 8.26. The van der Waals surface area contributed by atoms with Crippen LogP contribution < -0.4 is 10.1 Å². The molecule has 1 N–H and O–H groups in total. The number of nitrogens with one attached hydrogen (secondary N) is 1. The van der Waals surface area contributed by atoms with E-state index in [-0.39, 0.29) is 12.1 Å². The molecule has 1 heterocycles. The first kappa shape index (κ1) is 18.3. The molecule has 0 spiro atoms. The van der Waals surface area contributed by atoms with Gasteiger partial charge in [0.05, 0.1) is 13.2 Å². The monoisotopic (exact) mass is 352 g/mol. The minimum atomic E-state index is 0.0353. The Kier molecular flexibility index (Phi) is 5.82. The Morgan fingerprint density at radius 1 is 1.19 bits per heavy atom. The molecular formula is C22H28N2O2. The summed E-state index contributed by atoms with van der Waals surface area (Å²) in [5, 5.41) is 3.10. The van der Waals surface area contributed by atoms with Gasteiger partial charge in [-0.15, -0.1) is 0 Å². The van der Waals surface area contributed by atoms with Gasteiger partial charge in [0.25, 0.3) is 0 Å². The summed E-state index contributed by atoms with van der Waals surface area (Å²) in [7, 11) is 1.67. The van der Waals surface area contributed by atoms with E-state index in [0.29, 0.717) is 6.54 Å². The summed E-state index contributed by atoms with van der Waals surface area (Å²) in [6.07, 6.45) is 2.91. The van der Waals surface area contributed by atoms with Gasteiger partial charge in [-0.3, -0.25) is 0 Å². The highest BCUT2D eigenvalue weighted by atomic mass is 16.5. The molecule has 0 bridgehead atoms. The van der Waals surface area contributed by atoms with Crippen molar-refractivity contribution in [3.05, 3.63) is 64.7 Å². The van der Waals surface area contributed by atoms with E-state index in [1.165, 1.54) is 22.3 Å². The maximum atomic E-state index is 12.7. The van der Waals surface area contributed by atoms with Crippen molar-refractivity contribution in [2.24, 2.45) is 0 Å². The van der Waals surface area contributed by atoms with Crippen LogP contribution in [0.2, 0.25) is 0 Å². The van der Waals surface area contributed by atoms with Crippen molar-refractivity contribution < 1.29 is 9.53 Å². The average Bonchev–Trinajstić information content (AvgIpc) is 3.13. The van der Waals surface area contributed by atoms with E-state index in [4.69, 9.17) is 4.74 Å². The standard InChI is InChI=1S/C22H28N2O2/c1-16-6-7-18(17(2)15-16)12-13-23-22(25)24-14-4-5-21(24)19-8-10-20(26-3)11-9-19/h6-11,15,21H,4-5,12-14H2,1-3H3,(H,23,25). The highest BCUT2D eigenvalue weighted by Gasteiger charge is 2.29. The molecule has 3 rings (SSSR count). The lowest BCUT2D eigenvalue weighted by Crippen LogP contribution is -2.40. The van der Waals surface area contributed by atoms with E-state index in [9.17, 15) is 4.79 Å². The molecule has 0 radical (unpaired) electrons. The first-order chi connectivity index (χ1) is 12.6. The van der Waals surface area contributed by atoms with Gasteiger partial charge in [0.15, 0.2) is 0 Å². The Morgan fingerprint density at radius 2 is 1.96 bits per heavy atom. The van der Waals surface area contributed by atoms with Gasteiger partial charge < -0.3 is 15.0 Å². The van der Waals surface area contributed by atoms with Crippen molar-refractivity contribution in [3.63, 3.8) is 0 Å². The van der Waals surface area contributed by atoms with E-state index < -0.39 is 0 Å². The molecular weight excluding hydrogens is 324 g/mol. The van der Waals surface area contributed by atoms with E-state index in [1.807, 2.05) is 17.0 Å². The first-order valence-electron chi connectivity index (χ1n) is 9.33. The molecule has 0 aliphatic carbocycles. The molecule has 2 aromatic carbocycles. The zero-order valence-corrected chi connectivity index (χ0v) is 15.9. The number of likely N-dealkylation sites (tertiary alicyclic amines) is 1. The van der Waals surface area contributed by atoms with Crippen LogP contribution in [0.3, 0.4) is 0 Å². The van der Waals surface area contributed by atoms with Crippen LogP contribution >= 0.6 is 0 Å². The minimum absolute atomic E-state index is 0.0353. The van der Waals surface area contributed by atoms with E-state index >= 15 is 0 Å². The minimum Gasteiger partial charge on any atom is -0.497 e. The lowest BCUT2D eigenvalue weighted by atomic mass is 10.0. The lowest BCUT2D eigenvalue weighted by Gasteiger charge is -2.25. The van der Waals surface area contributed by atoms with Gasteiger partial charge in [0, 0.05) is 13.1 Å². The molecule has 26 heavy (non-hydrogen) atoms. The molecule has 1 aliphatic heterocycles. The third-order valence-corrected chi connectivity index (χ3v) is 5.18. The zero-order chi connectivity index (χ0) is 18.5. The lowest BCUT2D eigenvalue weighted by molar-refractivity contribution is 0.193. The van der Waals surface area contributed by atoms with Crippen LogP contribution in [0.1, 0.15) is 41.1 Å². The largest absolute Gasteiger partial charge is 0.497 e. The number of hydrogen-bond acceptors (Lipinski definition) is 2. The number of carbonyl (C=O) groups is 1. The Balaban J connectivity index is 1.57. The fraction of sp³-hybridized carbons (Fsp3) is 0.409. The summed E-state index contributed by atoms with van der Waals surface area (Å²) < 4.78 is 5.23. The van der Waals surface area contributed by atoms with Gasteiger partial charge in [-0.05, 0) is 61.9 Å². The van der Waals surface area contributed by atoms with Crippen molar-refractivity contribution >= 4 is 6.03 Å². The zero-order valence-electron chi connectivity index (χ0n) is 15.9. The average molecular weight is 352 g/mol. The highest BCUT2D eigenvalue weighted by molar-refractivity contribution is 5.75. The Bertz CT molecular complexity index is 755. The summed E-state index contributed by atoms with van der Waals surface area (Å²) in [4.78, 5) is 14.6. The number of aryl methyl sites for hydroxylation is 2. The first-order valence-corrected chi connectivity index (χ1v) is 9.33. The van der Waals surface area contributed by atoms with Gasteiger partial charge in [0.2, 0.25) is 0 Å². The predicted octanol–water partition coefficient (Wildman–Crippen LogP) is 4.40. The smallest absolute Gasteiger partial charge is 0.317 e. The number of rotatable bonds is 5. The summed E-state index contributed by atoms with van der Waals surface area (Å²) in [6, 6.07) is 14.7. The van der Waals surface area contributed by atoms with Crippen molar-refractivity contribution in [1.29, 1.82) is 0 Å². The second-order valence-electron chi connectivity index (χ2n) is 7.04. The summed E-state index contributed by atoms with van der Waals surface area (Å²) >= 11 is 0. The van der Waals surface area contributed by atoms with Crippen molar-refractivity contribution in [3.8, 4) is 5.75 Å². The molecule has 4 nitrogen and oxygen atoms in total. The number of benzene rings is 2. The van der Waals surface area contributed by atoms with Crippen LogP contribution in [-0.2, 0) is 6.42 Å². The quantitative estimate of drug-likeness (QED) is 0.866. The molecule has 0 aromatic heterocycles. The number of nitrogens with zero attached hydrogens (tertiary/aromatic N) is 1. The summed E-state index contributed by atoms with van der Waals surface area (Å²) in [5.74, 6) is 0.844. The van der Waals surface area contributed by atoms with Crippen LogP contribution in [0.25, 0.3) is 0 Å². The molecule has 4 heteroatoms. The number of hydrogen-bond donors (Lipinski definition) is 1. The van der Waals surface area contributed by atoms with Crippen molar-refractivity contribution in [2.45, 2.75) is 39.2 Å². The van der Waals surface area contributed by atoms with Crippen LogP contribution in [0.15, 0.2) is 42.5 Å². The third kappa shape index (κ3) is 4.18. The second-order valence-corrected chi connectivity index (χ2v) is 7.04. The number of urea groups is 1. The van der Waals surface area contributed by atoms with Crippen molar-refractivity contribution in [1.82, 2.24) is 10.2 Å². The molecule has 1 unspecified atom stereocenters. The van der Waals surface area contributed by atoms with E-state index in [1.54, 1.807) is 7.11 Å². The molecule has 2 aromatic rings. The highest BCUT2D eigenvalue weighted by Crippen LogP contribution is 2.32. The normalized spacial score (nSPS) is 16.6. The van der Waals surface area contributed by atoms with Gasteiger partial charge >= 0.3 is 6.03 Å². The van der Waals surface area contributed by atoms with Crippen LogP contribution in [-0.4, -0.2) is 31.1 Å². The molecule has 1 fully saturated rings. The maximum absolute atomic E-state index is 12.7. The molecule has 1 atom stereocenters. The van der Waals surface area contributed by atoms with Crippen molar-refractivity contribution in [2.75, 3.05) is 20.2 Å². The van der Waals surface area contributed by atoms with Crippen LogP contribution in [0, 0.1) is 13.8 Å². The Hall–Kier alpha value is -2.49. The fourth-order valence-electron chi connectivity index (χ4n) is 3.71. The summed E-state index contributed by atoms with van der Waals surface area (Å²) in [6.45, 7) is 5.70. The Labute approximate surface area is 156 Å². The molecule has 2 amide bonds. The number of ether oxygens (including phenoxy) is 1. The fourth-order valence-corrected chi connectivity index (χ4v) is 3.71. The number of methoxy groups -OCH3 is 1.